The fraction of sp³-hybridized carbons (Fsp3) is 0.594. The van der Waals surface area contributed by atoms with E-state index in [0.29, 0.717) is 16.9 Å². The molecule has 4 aliphatic rings. The lowest BCUT2D eigenvalue weighted by atomic mass is 9.47. The fourth-order valence-electron chi connectivity index (χ4n) is 8.49. The third-order valence-electron chi connectivity index (χ3n) is 10.1. The number of rotatable bonds is 2. The van der Waals surface area contributed by atoms with Crippen molar-refractivity contribution in [3.8, 4) is 0 Å². The Labute approximate surface area is 205 Å². The Bertz CT molecular complexity index is 1170. The highest BCUT2D eigenvalue weighted by Gasteiger charge is 2.56. The van der Waals surface area contributed by atoms with Crippen LogP contribution < -0.4 is 0 Å². The van der Waals surface area contributed by atoms with Crippen LogP contribution in [0.2, 0.25) is 0 Å². The topological polar surface area (TPSA) is 22.1 Å². The Hall–Kier alpha value is -1.93. The molecule has 1 aromatic carbocycles. The second kappa shape index (κ2) is 7.79. The highest BCUT2D eigenvalue weighted by molar-refractivity contribution is 5.86. The second-order valence-corrected chi connectivity index (χ2v) is 13.1. The molecule has 0 spiro atoms. The molecule has 2 nitrogen and oxygen atoms in total. The summed E-state index contributed by atoms with van der Waals surface area (Å²) in [5.74, 6) is 2.41. The minimum absolute atomic E-state index is 0.0476. The third kappa shape index (κ3) is 3.51. The first kappa shape index (κ1) is 22.5. The van der Waals surface area contributed by atoms with Gasteiger partial charge in [-0.3, -0.25) is 4.98 Å². The molecule has 0 bridgehead atoms. The van der Waals surface area contributed by atoms with E-state index in [4.69, 9.17) is 4.74 Å². The third-order valence-corrected chi connectivity index (χ3v) is 10.1. The van der Waals surface area contributed by atoms with Crippen molar-refractivity contribution in [1.29, 1.82) is 0 Å². The Morgan fingerprint density at radius 1 is 0.912 bits per heavy atom. The van der Waals surface area contributed by atoms with Crippen LogP contribution in [-0.2, 0) is 4.74 Å². The maximum Gasteiger partial charge on any atom is 0.0619 e. The van der Waals surface area contributed by atoms with E-state index >= 15 is 0 Å². The van der Waals surface area contributed by atoms with E-state index in [1.165, 1.54) is 54.9 Å². The first-order chi connectivity index (χ1) is 16.2. The maximum atomic E-state index is 6.43. The number of hydrogen-bond donors (Lipinski definition) is 0. The number of benzene rings is 1. The fourth-order valence-corrected chi connectivity index (χ4v) is 8.49. The maximum absolute atomic E-state index is 6.43. The van der Waals surface area contributed by atoms with Gasteiger partial charge in [0.1, 0.15) is 0 Å². The molecule has 1 aromatic heterocycles. The van der Waals surface area contributed by atoms with Crippen molar-refractivity contribution in [1.82, 2.24) is 4.98 Å². The lowest BCUT2D eigenvalue weighted by Gasteiger charge is -2.58. The van der Waals surface area contributed by atoms with E-state index in [9.17, 15) is 0 Å². The number of pyridine rings is 1. The Kier molecular flexibility index (Phi) is 5.16. The quantitative estimate of drug-likeness (QED) is 0.424. The van der Waals surface area contributed by atoms with Gasteiger partial charge in [0.2, 0.25) is 0 Å². The molecule has 4 aliphatic carbocycles. The van der Waals surface area contributed by atoms with Gasteiger partial charge in [0.15, 0.2) is 0 Å². The molecular weight excluding hydrogens is 414 g/mol. The Morgan fingerprint density at radius 2 is 1.74 bits per heavy atom. The van der Waals surface area contributed by atoms with Crippen molar-refractivity contribution in [3.05, 3.63) is 59.9 Å². The van der Waals surface area contributed by atoms with E-state index in [-0.39, 0.29) is 5.60 Å². The van der Waals surface area contributed by atoms with Crippen molar-refractivity contribution in [2.75, 3.05) is 0 Å². The summed E-state index contributed by atoms with van der Waals surface area (Å²) < 4.78 is 6.43. The number of nitrogens with zero attached hydrogens (tertiary/aromatic N) is 1. The van der Waals surface area contributed by atoms with Crippen LogP contribution in [0.5, 0.6) is 0 Å². The summed E-state index contributed by atoms with van der Waals surface area (Å²) in [6.07, 6.45) is 18.4. The van der Waals surface area contributed by atoms with Gasteiger partial charge in [-0.15, -0.1) is 0 Å². The summed E-state index contributed by atoms with van der Waals surface area (Å²) in [5.41, 5.74) is 5.38. The molecule has 0 aliphatic heterocycles. The number of allylic oxidation sites excluding steroid dienone is 3. The van der Waals surface area contributed by atoms with Gasteiger partial charge in [0, 0.05) is 17.8 Å². The summed E-state index contributed by atoms with van der Waals surface area (Å²) in [4.78, 5) is 4.30. The summed E-state index contributed by atoms with van der Waals surface area (Å²) in [6.45, 7) is 11.8. The summed E-state index contributed by atoms with van der Waals surface area (Å²) in [7, 11) is 0. The van der Waals surface area contributed by atoms with Gasteiger partial charge >= 0.3 is 0 Å². The summed E-state index contributed by atoms with van der Waals surface area (Å²) in [6, 6.07) is 9.15. The van der Waals surface area contributed by atoms with Gasteiger partial charge in [-0.25, -0.2) is 0 Å². The van der Waals surface area contributed by atoms with Crippen molar-refractivity contribution in [2.24, 2.45) is 28.6 Å². The SMILES string of the molecule is CC(C)(C)O[C@H]1CC[C@@]2(C)C(=CC[C@@H]3C2CC[C@]2(C)C(c4ccc5cnccc5c4)=CC[C@@H]32)C1. The molecule has 0 radical (unpaired) electrons. The van der Waals surface area contributed by atoms with Crippen molar-refractivity contribution < 1.29 is 4.74 Å². The average Bonchev–Trinajstić information content (AvgIpc) is 3.15. The smallest absolute Gasteiger partial charge is 0.0619 e. The van der Waals surface area contributed by atoms with Crippen LogP contribution in [0.4, 0.5) is 0 Å². The van der Waals surface area contributed by atoms with Crippen LogP contribution in [0.1, 0.15) is 85.1 Å². The highest BCUT2D eigenvalue weighted by atomic mass is 16.5. The van der Waals surface area contributed by atoms with Crippen LogP contribution in [0.15, 0.2) is 54.4 Å². The second-order valence-electron chi connectivity index (χ2n) is 13.1. The van der Waals surface area contributed by atoms with E-state index in [0.717, 1.165) is 24.2 Å². The Morgan fingerprint density at radius 3 is 2.56 bits per heavy atom. The average molecular weight is 456 g/mol. The highest BCUT2D eigenvalue weighted by Crippen LogP contribution is 2.66. The molecule has 2 aromatic rings. The van der Waals surface area contributed by atoms with Crippen LogP contribution in [-0.4, -0.2) is 16.7 Å². The molecule has 0 N–H and O–H groups in total. The zero-order valence-corrected chi connectivity index (χ0v) is 21.7. The van der Waals surface area contributed by atoms with Crippen molar-refractivity contribution in [3.63, 3.8) is 0 Å². The lowest BCUT2D eigenvalue weighted by molar-refractivity contribution is -0.0894. The number of hydrogen-bond acceptors (Lipinski definition) is 2. The molecule has 1 heterocycles. The molecule has 2 heteroatoms. The molecule has 2 saturated carbocycles. The van der Waals surface area contributed by atoms with Gasteiger partial charge < -0.3 is 4.74 Å². The largest absolute Gasteiger partial charge is 0.372 e. The molecule has 6 rings (SSSR count). The zero-order chi connectivity index (χ0) is 23.7. The van der Waals surface area contributed by atoms with Gasteiger partial charge in [-0.2, -0.15) is 0 Å². The predicted molar refractivity (Wildman–Crippen MR) is 141 cm³/mol. The molecule has 0 saturated heterocycles. The van der Waals surface area contributed by atoms with Gasteiger partial charge in [-0.05, 0) is 123 Å². The van der Waals surface area contributed by atoms with Crippen LogP contribution in [0.3, 0.4) is 0 Å². The molecule has 0 amide bonds. The van der Waals surface area contributed by atoms with Crippen LogP contribution in [0, 0.1) is 28.6 Å². The molecule has 180 valence electrons. The lowest BCUT2D eigenvalue weighted by Crippen LogP contribution is -2.50. The van der Waals surface area contributed by atoms with E-state index in [2.05, 4.69) is 76.0 Å². The van der Waals surface area contributed by atoms with Crippen LogP contribution in [0.25, 0.3) is 16.3 Å². The number of aromatic nitrogens is 1. The van der Waals surface area contributed by atoms with Gasteiger partial charge in [-0.1, -0.05) is 43.7 Å². The first-order valence-corrected chi connectivity index (χ1v) is 13.6. The molecular formula is C32H41NO. The molecule has 34 heavy (non-hydrogen) atoms. The van der Waals surface area contributed by atoms with E-state index in [1.54, 1.807) is 11.1 Å². The monoisotopic (exact) mass is 455 g/mol. The first-order valence-electron chi connectivity index (χ1n) is 13.6. The van der Waals surface area contributed by atoms with Crippen molar-refractivity contribution >= 4 is 16.3 Å². The van der Waals surface area contributed by atoms with Gasteiger partial charge in [0.25, 0.3) is 0 Å². The normalized spacial score (nSPS) is 37.4. The summed E-state index contributed by atoms with van der Waals surface area (Å²) in [5, 5.41) is 2.54. The molecule has 6 atom stereocenters. The van der Waals surface area contributed by atoms with Gasteiger partial charge in [0.05, 0.1) is 11.7 Å². The Balaban J connectivity index is 1.26. The van der Waals surface area contributed by atoms with Crippen LogP contribution >= 0.6 is 0 Å². The zero-order valence-electron chi connectivity index (χ0n) is 21.7. The van der Waals surface area contributed by atoms with E-state index < -0.39 is 0 Å². The minimum Gasteiger partial charge on any atom is -0.372 e. The van der Waals surface area contributed by atoms with Crippen molar-refractivity contribution in [2.45, 2.75) is 91.3 Å². The number of fused-ring (bicyclic) bond motifs is 6. The minimum atomic E-state index is -0.0476. The molecule has 2 fully saturated rings. The number of ether oxygens (including phenoxy) is 1. The predicted octanol–water partition coefficient (Wildman–Crippen LogP) is 8.37. The standard InChI is InChI=1S/C32H41NO/c1-30(2,3)34-25-12-15-31(4)24(19-25)8-9-26-28-11-10-27(32(28,5)16-13-29(26)31)22-6-7-23-20-33-17-14-21(23)18-22/h6-8,10,14,17-18,20,25-26,28-29H,9,11-13,15-16,19H2,1-5H3/t25-,26-,28-,29?,31-,32+/m0/s1. The molecule has 1 unspecified atom stereocenters. The van der Waals surface area contributed by atoms with E-state index in [1.807, 2.05) is 12.4 Å². The summed E-state index contributed by atoms with van der Waals surface area (Å²) >= 11 is 0.